The Morgan fingerprint density at radius 1 is 1.24 bits per heavy atom. The van der Waals surface area contributed by atoms with Crippen molar-refractivity contribution in [1.82, 2.24) is 15.5 Å². The Hall–Kier alpha value is -2.41. The fourth-order valence-electron chi connectivity index (χ4n) is 2.72. The summed E-state index contributed by atoms with van der Waals surface area (Å²) in [5.41, 5.74) is 0.506. The Morgan fingerprint density at radius 2 is 1.96 bits per heavy atom. The average Bonchev–Trinajstić information content (AvgIpc) is 2.64. The Bertz CT molecular complexity index is 615. The smallest absolute Gasteiger partial charge is 0.223 e. The molecule has 0 spiro atoms. The van der Waals surface area contributed by atoms with Crippen molar-refractivity contribution in [3.8, 4) is 5.75 Å². The van der Waals surface area contributed by atoms with Gasteiger partial charge in [-0.05, 0) is 31.2 Å². The molecule has 0 radical (unpaired) electrons. The van der Waals surface area contributed by atoms with Gasteiger partial charge in [0.1, 0.15) is 5.75 Å². The second-order valence-electron chi connectivity index (χ2n) is 6.07. The first-order chi connectivity index (χ1) is 12.0. The van der Waals surface area contributed by atoms with E-state index in [1.54, 1.807) is 36.3 Å². The van der Waals surface area contributed by atoms with Gasteiger partial charge in [-0.3, -0.25) is 14.4 Å². The van der Waals surface area contributed by atoms with Crippen molar-refractivity contribution in [3.63, 3.8) is 0 Å². The van der Waals surface area contributed by atoms with Crippen LogP contribution < -0.4 is 15.4 Å². The van der Waals surface area contributed by atoms with E-state index in [1.165, 1.54) is 0 Å². The van der Waals surface area contributed by atoms with Crippen molar-refractivity contribution in [2.45, 2.75) is 25.8 Å². The third kappa shape index (κ3) is 5.56. The zero-order chi connectivity index (χ0) is 18.2. The molecule has 0 bridgehead atoms. The minimum atomic E-state index is -0.294. The molecule has 0 aliphatic carbocycles. The van der Waals surface area contributed by atoms with Crippen LogP contribution in [0.5, 0.6) is 5.75 Å². The van der Waals surface area contributed by atoms with Crippen molar-refractivity contribution in [1.29, 1.82) is 0 Å². The van der Waals surface area contributed by atoms with Crippen LogP contribution in [0.15, 0.2) is 24.3 Å². The van der Waals surface area contributed by atoms with Crippen LogP contribution in [0.2, 0.25) is 0 Å². The molecule has 0 saturated carbocycles. The van der Waals surface area contributed by atoms with Gasteiger partial charge in [-0.2, -0.15) is 0 Å². The highest BCUT2D eigenvalue weighted by molar-refractivity contribution is 5.99. The Labute approximate surface area is 147 Å². The highest BCUT2D eigenvalue weighted by atomic mass is 16.5. The second-order valence-corrected chi connectivity index (χ2v) is 6.07. The van der Waals surface area contributed by atoms with Gasteiger partial charge in [-0.25, -0.2) is 0 Å². The number of carbonyl (C=O) groups is 3. The predicted molar refractivity (Wildman–Crippen MR) is 93.6 cm³/mol. The van der Waals surface area contributed by atoms with E-state index in [0.717, 1.165) is 13.1 Å². The molecule has 25 heavy (non-hydrogen) atoms. The first-order valence-corrected chi connectivity index (χ1v) is 8.45. The standard InChI is InChI=1S/C18H25N3O4/c1-13-11-19-9-10-21(13)18(24)8-7-17(23)20-12-16(22)14-3-5-15(25-2)6-4-14/h3-6,13,19H,7-12H2,1-2H3,(H,20,23)/t13-/m0/s1. The fraction of sp³-hybridized carbons (Fsp3) is 0.500. The second kappa shape index (κ2) is 9.17. The summed E-state index contributed by atoms with van der Waals surface area (Å²) in [4.78, 5) is 37.9. The van der Waals surface area contributed by atoms with Gasteiger partial charge in [0.15, 0.2) is 5.78 Å². The third-order valence-corrected chi connectivity index (χ3v) is 4.25. The molecule has 1 atom stereocenters. The van der Waals surface area contributed by atoms with Crippen LogP contribution in [0.4, 0.5) is 0 Å². The Balaban J connectivity index is 1.72. The monoisotopic (exact) mass is 347 g/mol. The van der Waals surface area contributed by atoms with Gasteiger partial charge < -0.3 is 20.3 Å². The summed E-state index contributed by atoms with van der Waals surface area (Å²) in [6.07, 6.45) is 0.248. The lowest BCUT2D eigenvalue weighted by Gasteiger charge is -2.34. The molecule has 2 rings (SSSR count). The number of rotatable bonds is 7. The largest absolute Gasteiger partial charge is 0.497 e. The topological polar surface area (TPSA) is 87.7 Å². The van der Waals surface area contributed by atoms with Crippen LogP contribution >= 0.6 is 0 Å². The number of piperazine rings is 1. The number of benzene rings is 1. The number of nitrogens with zero attached hydrogens (tertiary/aromatic N) is 1. The van der Waals surface area contributed by atoms with Crippen LogP contribution in [-0.2, 0) is 9.59 Å². The van der Waals surface area contributed by atoms with Gasteiger partial charge in [0.2, 0.25) is 11.8 Å². The van der Waals surface area contributed by atoms with Crippen LogP contribution in [0.25, 0.3) is 0 Å². The van der Waals surface area contributed by atoms with Crippen molar-refractivity contribution in [3.05, 3.63) is 29.8 Å². The summed E-state index contributed by atoms with van der Waals surface area (Å²) in [5, 5.41) is 5.80. The van der Waals surface area contributed by atoms with Crippen molar-refractivity contribution in [2.24, 2.45) is 0 Å². The summed E-state index contributed by atoms with van der Waals surface area (Å²) in [6, 6.07) is 6.84. The number of ether oxygens (including phenoxy) is 1. The van der Waals surface area contributed by atoms with E-state index in [4.69, 9.17) is 4.74 Å². The van der Waals surface area contributed by atoms with Crippen LogP contribution in [0, 0.1) is 0 Å². The molecule has 1 aliphatic heterocycles. The predicted octanol–water partition coefficient (Wildman–Crippen LogP) is 0.595. The number of hydrogen-bond acceptors (Lipinski definition) is 5. The molecule has 7 heteroatoms. The van der Waals surface area contributed by atoms with Gasteiger partial charge in [0, 0.05) is 44.1 Å². The van der Waals surface area contributed by atoms with Gasteiger partial charge in [-0.15, -0.1) is 0 Å². The van der Waals surface area contributed by atoms with E-state index in [0.29, 0.717) is 17.9 Å². The van der Waals surface area contributed by atoms with Crippen LogP contribution in [0.1, 0.15) is 30.1 Å². The number of methoxy groups -OCH3 is 1. The van der Waals surface area contributed by atoms with Gasteiger partial charge in [0.05, 0.1) is 13.7 Å². The lowest BCUT2D eigenvalue weighted by Crippen LogP contribution is -2.52. The summed E-state index contributed by atoms with van der Waals surface area (Å²) < 4.78 is 5.04. The zero-order valence-electron chi connectivity index (χ0n) is 14.7. The molecule has 1 fully saturated rings. The average molecular weight is 347 g/mol. The number of ketones is 1. The summed E-state index contributed by atoms with van der Waals surface area (Å²) in [7, 11) is 1.56. The molecule has 1 saturated heterocycles. The molecular weight excluding hydrogens is 322 g/mol. The van der Waals surface area contributed by atoms with E-state index in [1.807, 2.05) is 6.92 Å². The molecular formula is C18H25N3O4. The molecule has 1 aromatic rings. The molecule has 1 aromatic carbocycles. The van der Waals surface area contributed by atoms with E-state index < -0.39 is 0 Å². The quantitative estimate of drug-likeness (QED) is 0.705. The van der Waals surface area contributed by atoms with E-state index in [2.05, 4.69) is 10.6 Å². The maximum Gasteiger partial charge on any atom is 0.223 e. The fourth-order valence-corrected chi connectivity index (χ4v) is 2.72. The van der Waals surface area contributed by atoms with Crippen molar-refractivity contribution >= 4 is 17.6 Å². The minimum Gasteiger partial charge on any atom is -0.497 e. The lowest BCUT2D eigenvalue weighted by molar-refractivity contribution is -0.136. The first-order valence-electron chi connectivity index (χ1n) is 8.45. The van der Waals surface area contributed by atoms with Gasteiger partial charge in [-0.1, -0.05) is 0 Å². The first kappa shape index (κ1) is 18.9. The molecule has 0 aromatic heterocycles. The van der Waals surface area contributed by atoms with E-state index >= 15 is 0 Å². The van der Waals surface area contributed by atoms with Crippen molar-refractivity contribution in [2.75, 3.05) is 33.3 Å². The molecule has 1 aliphatic rings. The number of amides is 2. The molecule has 136 valence electrons. The normalized spacial score (nSPS) is 17.0. The van der Waals surface area contributed by atoms with Crippen LogP contribution in [0.3, 0.4) is 0 Å². The number of hydrogen-bond donors (Lipinski definition) is 2. The van der Waals surface area contributed by atoms with E-state index in [-0.39, 0.29) is 43.0 Å². The molecule has 2 amide bonds. The zero-order valence-corrected chi connectivity index (χ0v) is 14.7. The highest BCUT2D eigenvalue weighted by Crippen LogP contribution is 2.11. The SMILES string of the molecule is COc1ccc(C(=O)CNC(=O)CCC(=O)N2CCNC[C@@H]2C)cc1. The number of Topliss-reactive ketones (excluding diaryl/α,β-unsaturated/α-hetero) is 1. The maximum absolute atomic E-state index is 12.2. The summed E-state index contributed by atoms with van der Waals surface area (Å²) in [6.45, 7) is 4.12. The Morgan fingerprint density at radius 3 is 2.60 bits per heavy atom. The summed E-state index contributed by atoms with van der Waals surface area (Å²) >= 11 is 0. The molecule has 2 N–H and O–H groups in total. The summed E-state index contributed by atoms with van der Waals surface area (Å²) in [5.74, 6) is 0.169. The minimum absolute atomic E-state index is 0.0226. The van der Waals surface area contributed by atoms with Gasteiger partial charge in [0.25, 0.3) is 0 Å². The van der Waals surface area contributed by atoms with Gasteiger partial charge >= 0.3 is 0 Å². The molecule has 1 heterocycles. The number of carbonyl (C=O) groups excluding carboxylic acids is 3. The van der Waals surface area contributed by atoms with Crippen LogP contribution in [-0.4, -0.2) is 61.8 Å². The molecule has 7 nitrogen and oxygen atoms in total. The highest BCUT2D eigenvalue weighted by Gasteiger charge is 2.23. The third-order valence-electron chi connectivity index (χ3n) is 4.25. The Kier molecular flexibility index (Phi) is 6.94. The number of nitrogens with one attached hydrogen (secondary N) is 2. The lowest BCUT2D eigenvalue weighted by atomic mass is 10.1. The van der Waals surface area contributed by atoms with E-state index in [9.17, 15) is 14.4 Å². The van der Waals surface area contributed by atoms with Crippen molar-refractivity contribution < 1.29 is 19.1 Å². The molecule has 0 unspecified atom stereocenters. The maximum atomic E-state index is 12.2.